The number of rotatable bonds is 6. The van der Waals surface area contributed by atoms with E-state index in [9.17, 15) is 0 Å². The predicted molar refractivity (Wildman–Crippen MR) is 129 cm³/mol. The van der Waals surface area contributed by atoms with E-state index >= 15 is 0 Å². The van der Waals surface area contributed by atoms with E-state index in [0.29, 0.717) is 0 Å². The van der Waals surface area contributed by atoms with Gasteiger partial charge < -0.3 is 0 Å². The van der Waals surface area contributed by atoms with E-state index in [-0.39, 0.29) is 0 Å². The molecule has 5 rings (SSSR count). The Kier molecular flexibility index (Phi) is 5.77. The van der Waals surface area contributed by atoms with Crippen molar-refractivity contribution < 1.29 is 9.47 Å². The van der Waals surface area contributed by atoms with Gasteiger partial charge in [0.1, 0.15) is 0 Å². The van der Waals surface area contributed by atoms with E-state index in [4.69, 9.17) is 9.47 Å². The summed E-state index contributed by atoms with van der Waals surface area (Å²) in [5.74, 6) is 1.84. The Hall–Kier alpha value is -1.94. The van der Waals surface area contributed by atoms with Crippen molar-refractivity contribution in [2.45, 2.75) is 0 Å². The molecule has 0 saturated heterocycles. The van der Waals surface area contributed by atoms with Gasteiger partial charge in [0.05, 0.1) is 0 Å². The molecule has 0 atom stereocenters. The van der Waals surface area contributed by atoms with E-state index in [2.05, 4.69) is 84.9 Å². The molecule has 0 amide bonds. The van der Waals surface area contributed by atoms with Crippen LogP contribution in [0.1, 0.15) is 11.1 Å². The standard InChI is InChI=1S/C26H20O2Te2/c1-27-19-7-11-21(12-8-19)29-23-15-5-17-3-4-18-6-16-24(26(23)25(17)18)30-22-13-9-20(28-2)10-14-22/h3-16H,1-2H3. The van der Waals surface area contributed by atoms with Gasteiger partial charge in [-0.2, -0.15) is 0 Å². The molecule has 4 heteroatoms. The quantitative estimate of drug-likeness (QED) is 0.273. The fraction of sp³-hybridized carbons (Fsp3) is 0.0769. The van der Waals surface area contributed by atoms with Crippen LogP contribution in [0.25, 0.3) is 22.9 Å². The van der Waals surface area contributed by atoms with E-state index in [1.165, 1.54) is 36.3 Å². The van der Waals surface area contributed by atoms with Crippen molar-refractivity contribution in [3.63, 3.8) is 0 Å². The normalized spacial score (nSPS) is 11.8. The third-order valence-corrected chi connectivity index (χ3v) is 11.3. The van der Waals surface area contributed by atoms with E-state index < -0.39 is 41.8 Å². The van der Waals surface area contributed by atoms with Gasteiger partial charge in [0.15, 0.2) is 0 Å². The summed E-state index contributed by atoms with van der Waals surface area (Å²) in [7, 11) is 3.44. The molecular weight excluding hydrogens is 599 g/mol. The molecule has 0 fully saturated rings. The van der Waals surface area contributed by atoms with Crippen LogP contribution in [0.5, 0.6) is 11.5 Å². The minimum absolute atomic E-state index is 0.490. The van der Waals surface area contributed by atoms with Crippen LogP contribution in [0.3, 0.4) is 0 Å². The van der Waals surface area contributed by atoms with Gasteiger partial charge in [-0.25, -0.2) is 0 Å². The number of hydrogen-bond acceptors (Lipinski definition) is 2. The molecular formula is C26H20O2Te2. The van der Waals surface area contributed by atoms with Crippen molar-refractivity contribution in [2.75, 3.05) is 14.2 Å². The maximum atomic E-state index is 5.33. The Labute approximate surface area is 197 Å². The Bertz CT molecular complexity index is 1150. The average Bonchev–Trinajstić information content (AvgIpc) is 3.22. The molecule has 0 aliphatic heterocycles. The van der Waals surface area contributed by atoms with Gasteiger partial charge >= 0.3 is 198 Å². The van der Waals surface area contributed by atoms with Gasteiger partial charge in [-0.3, -0.25) is 0 Å². The Balaban J connectivity index is 1.58. The van der Waals surface area contributed by atoms with Crippen LogP contribution >= 0.6 is 0 Å². The Morgan fingerprint density at radius 3 is 1.33 bits per heavy atom. The van der Waals surface area contributed by atoms with E-state index in [1.54, 1.807) is 14.2 Å². The average molecular weight is 620 g/mol. The second-order valence-electron chi connectivity index (χ2n) is 6.94. The number of methoxy groups -OCH3 is 2. The molecule has 0 bridgehead atoms. The summed E-state index contributed by atoms with van der Waals surface area (Å²) in [4.78, 5) is 0. The molecule has 0 radical (unpaired) electrons. The molecule has 0 N–H and O–H groups in total. The summed E-state index contributed by atoms with van der Waals surface area (Å²) in [5, 5.41) is 2.95. The fourth-order valence-electron chi connectivity index (χ4n) is 3.66. The first-order chi connectivity index (χ1) is 14.7. The topological polar surface area (TPSA) is 18.5 Å². The van der Waals surface area contributed by atoms with Crippen LogP contribution in [0.2, 0.25) is 0 Å². The molecule has 2 nitrogen and oxygen atoms in total. The van der Waals surface area contributed by atoms with Crippen molar-refractivity contribution in [2.24, 2.45) is 0 Å². The van der Waals surface area contributed by atoms with E-state index in [1.807, 2.05) is 0 Å². The third-order valence-electron chi connectivity index (χ3n) is 5.17. The van der Waals surface area contributed by atoms with Crippen molar-refractivity contribution in [1.82, 2.24) is 0 Å². The maximum absolute atomic E-state index is 5.33. The summed E-state index contributed by atoms with van der Waals surface area (Å²) >= 11 is -0.981. The summed E-state index contributed by atoms with van der Waals surface area (Å²) < 4.78 is 16.6. The summed E-state index contributed by atoms with van der Waals surface area (Å²) in [6.45, 7) is 0. The van der Waals surface area contributed by atoms with Crippen LogP contribution in [-0.4, -0.2) is 56.1 Å². The minimum atomic E-state index is -0.490. The number of benzene rings is 4. The number of hydrogen-bond donors (Lipinski definition) is 0. The van der Waals surface area contributed by atoms with Gasteiger partial charge in [0.25, 0.3) is 0 Å². The zero-order valence-corrected chi connectivity index (χ0v) is 21.4. The molecule has 0 spiro atoms. The van der Waals surface area contributed by atoms with Crippen LogP contribution in [-0.2, 0) is 0 Å². The second kappa shape index (κ2) is 8.66. The summed E-state index contributed by atoms with van der Waals surface area (Å²) in [5.41, 5.74) is 2.71. The second-order valence-corrected chi connectivity index (χ2v) is 13.3. The van der Waals surface area contributed by atoms with Gasteiger partial charge in [-0.15, -0.1) is 0 Å². The van der Waals surface area contributed by atoms with Crippen molar-refractivity contribution in [3.05, 3.63) is 83.9 Å². The van der Waals surface area contributed by atoms with Gasteiger partial charge in [-0.1, -0.05) is 0 Å². The summed E-state index contributed by atoms with van der Waals surface area (Å²) in [6.07, 6.45) is 4.51. The number of ether oxygens (including phenoxy) is 2. The van der Waals surface area contributed by atoms with Crippen molar-refractivity contribution >= 4 is 79.2 Å². The fourth-order valence-corrected chi connectivity index (χ4v) is 9.85. The van der Waals surface area contributed by atoms with E-state index in [0.717, 1.165) is 11.5 Å². The van der Waals surface area contributed by atoms with Gasteiger partial charge in [-0.05, 0) is 0 Å². The SMILES string of the molecule is COc1ccc([Te]c2ccc3c4c(ccc([Te]c5ccc(OC)cc5)c24)C=C3)cc1. The molecule has 0 aromatic heterocycles. The molecule has 148 valence electrons. The molecule has 0 saturated carbocycles. The Morgan fingerprint density at radius 1 is 0.500 bits per heavy atom. The molecule has 4 aromatic carbocycles. The molecule has 4 aromatic rings. The van der Waals surface area contributed by atoms with Gasteiger partial charge in [0, 0.05) is 0 Å². The molecule has 0 heterocycles. The zero-order chi connectivity index (χ0) is 20.5. The zero-order valence-electron chi connectivity index (χ0n) is 16.7. The van der Waals surface area contributed by atoms with Crippen LogP contribution in [0.4, 0.5) is 0 Å². The predicted octanol–water partition coefficient (Wildman–Crippen LogP) is 2.65. The van der Waals surface area contributed by atoms with Crippen molar-refractivity contribution in [3.8, 4) is 11.5 Å². The Morgan fingerprint density at radius 2 is 0.933 bits per heavy atom. The summed E-state index contributed by atoms with van der Waals surface area (Å²) in [6, 6.07) is 26.6. The molecule has 30 heavy (non-hydrogen) atoms. The first-order valence-electron chi connectivity index (χ1n) is 9.67. The van der Waals surface area contributed by atoms with Crippen LogP contribution in [0.15, 0.2) is 72.8 Å². The van der Waals surface area contributed by atoms with Crippen LogP contribution < -0.4 is 23.9 Å². The molecule has 0 unspecified atom stereocenters. The van der Waals surface area contributed by atoms with Crippen molar-refractivity contribution in [1.29, 1.82) is 0 Å². The third kappa shape index (κ3) is 3.87. The monoisotopic (exact) mass is 624 g/mol. The first-order valence-corrected chi connectivity index (χ1v) is 14.3. The first kappa shape index (κ1) is 20.0. The molecule has 1 aliphatic rings. The van der Waals surface area contributed by atoms with Gasteiger partial charge in [0.2, 0.25) is 0 Å². The van der Waals surface area contributed by atoms with Crippen LogP contribution in [0, 0.1) is 0 Å². The molecule has 1 aliphatic carbocycles.